The van der Waals surface area contributed by atoms with Crippen LogP contribution in [0.2, 0.25) is 0 Å². The zero-order valence-electron chi connectivity index (χ0n) is 11.7. The van der Waals surface area contributed by atoms with Crippen molar-refractivity contribution in [3.05, 3.63) is 30.4 Å². The molecule has 2 aromatic heterocycles. The van der Waals surface area contributed by atoms with Gasteiger partial charge in [-0.3, -0.25) is 0 Å². The molecule has 102 valence electrons. The molecule has 0 radical (unpaired) electrons. The van der Waals surface area contributed by atoms with Gasteiger partial charge >= 0.3 is 0 Å². The maximum Gasteiger partial charge on any atom is 0.144 e. The summed E-state index contributed by atoms with van der Waals surface area (Å²) in [6.07, 6.45) is 7.61. The second-order valence-electron chi connectivity index (χ2n) is 5.46. The lowest BCUT2D eigenvalue weighted by molar-refractivity contribution is 0.217. The summed E-state index contributed by atoms with van der Waals surface area (Å²) in [6.45, 7) is 2.41. The van der Waals surface area contributed by atoms with E-state index in [0.717, 1.165) is 29.4 Å². The summed E-state index contributed by atoms with van der Waals surface area (Å²) in [4.78, 5) is 6.99. The SMILES string of the molecule is COc1cccn2c(CC3CCN(C)CC3)ncc12. The van der Waals surface area contributed by atoms with Gasteiger partial charge in [0.15, 0.2) is 0 Å². The van der Waals surface area contributed by atoms with Crippen molar-refractivity contribution in [1.82, 2.24) is 14.3 Å². The van der Waals surface area contributed by atoms with Gasteiger partial charge in [0.1, 0.15) is 17.1 Å². The lowest BCUT2D eigenvalue weighted by Crippen LogP contribution is -2.31. The topological polar surface area (TPSA) is 29.8 Å². The summed E-state index contributed by atoms with van der Waals surface area (Å²) >= 11 is 0. The van der Waals surface area contributed by atoms with Crippen LogP contribution in [0.25, 0.3) is 5.52 Å². The lowest BCUT2D eigenvalue weighted by atomic mass is 9.93. The molecule has 1 fully saturated rings. The van der Waals surface area contributed by atoms with Gasteiger partial charge in [-0.1, -0.05) is 0 Å². The third-order valence-electron chi connectivity index (χ3n) is 4.14. The van der Waals surface area contributed by atoms with Gasteiger partial charge in [0, 0.05) is 12.6 Å². The summed E-state index contributed by atoms with van der Waals surface area (Å²) in [5, 5.41) is 0. The highest BCUT2D eigenvalue weighted by Gasteiger charge is 2.19. The minimum absolute atomic E-state index is 0.757. The van der Waals surface area contributed by atoms with Gasteiger partial charge in [0.2, 0.25) is 0 Å². The van der Waals surface area contributed by atoms with Gasteiger partial charge in [-0.05, 0) is 51.0 Å². The molecule has 0 saturated carbocycles. The van der Waals surface area contributed by atoms with Crippen LogP contribution in [0, 0.1) is 5.92 Å². The second kappa shape index (κ2) is 5.21. The quantitative estimate of drug-likeness (QED) is 0.846. The molecule has 0 atom stereocenters. The molecule has 0 aromatic carbocycles. The zero-order valence-corrected chi connectivity index (χ0v) is 11.7. The van der Waals surface area contributed by atoms with E-state index in [4.69, 9.17) is 4.74 Å². The predicted molar refractivity (Wildman–Crippen MR) is 75.7 cm³/mol. The largest absolute Gasteiger partial charge is 0.494 e. The Morgan fingerprint density at radius 1 is 1.37 bits per heavy atom. The molecule has 0 aliphatic carbocycles. The number of imidazole rings is 1. The molecule has 0 unspecified atom stereocenters. The average molecular weight is 259 g/mol. The third-order valence-corrected chi connectivity index (χ3v) is 4.14. The van der Waals surface area contributed by atoms with Crippen LogP contribution < -0.4 is 4.74 Å². The van der Waals surface area contributed by atoms with Crippen molar-refractivity contribution in [3.63, 3.8) is 0 Å². The fourth-order valence-electron chi connectivity index (χ4n) is 2.90. The average Bonchev–Trinajstić information content (AvgIpc) is 2.84. The van der Waals surface area contributed by atoms with Crippen molar-refractivity contribution in [2.75, 3.05) is 27.2 Å². The van der Waals surface area contributed by atoms with Gasteiger partial charge in [0.25, 0.3) is 0 Å². The normalized spacial score (nSPS) is 18.0. The van der Waals surface area contributed by atoms with Gasteiger partial charge in [0.05, 0.1) is 13.3 Å². The third kappa shape index (κ3) is 2.45. The molecule has 0 amide bonds. The molecule has 0 spiro atoms. The van der Waals surface area contributed by atoms with E-state index in [1.807, 2.05) is 18.3 Å². The van der Waals surface area contributed by atoms with Crippen LogP contribution in [0.5, 0.6) is 5.75 Å². The highest BCUT2D eigenvalue weighted by molar-refractivity contribution is 5.59. The number of ether oxygens (including phenoxy) is 1. The van der Waals surface area contributed by atoms with Crippen molar-refractivity contribution < 1.29 is 4.74 Å². The monoisotopic (exact) mass is 259 g/mol. The molecule has 3 heterocycles. The first-order valence-corrected chi connectivity index (χ1v) is 6.95. The Labute approximate surface area is 114 Å². The van der Waals surface area contributed by atoms with Gasteiger partial charge in [-0.15, -0.1) is 0 Å². The van der Waals surface area contributed by atoms with Gasteiger partial charge in [-0.2, -0.15) is 0 Å². The highest BCUT2D eigenvalue weighted by atomic mass is 16.5. The molecule has 1 saturated heterocycles. The van der Waals surface area contributed by atoms with Crippen LogP contribution in [-0.4, -0.2) is 41.5 Å². The van der Waals surface area contributed by atoms with E-state index < -0.39 is 0 Å². The maximum atomic E-state index is 5.38. The Bertz CT molecular complexity index is 556. The first kappa shape index (κ1) is 12.5. The number of hydrogen-bond donors (Lipinski definition) is 0. The molecule has 3 rings (SSSR count). The lowest BCUT2D eigenvalue weighted by Gasteiger charge is -2.28. The summed E-state index contributed by atoms with van der Waals surface area (Å²) < 4.78 is 7.54. The fraction of sp³-hybridized carbons (Fsp3) is 0.533. The molecule has 0 N–H and O–H groups in total. The molecule has 1 aliphatic rings. The van der Waals surface area contributed by atoms with E-state index in [1.54, 1.807) is 7.11 Å². The van der Waals surface area contributed by atoms with E-state index in [-0.39, 0.29) is 0 Å². The van der Waals surface area contributed by atoms with Crippen LogP contribution in [0.3, 0.4) is 0 Å². The Morgan fingerprint density at radius 3 is 2.89 bits per heavy atom. The van der Waals surface area contributed by atoms with Crippen LogP contribution in [-0.2, 0) is 6.42 Å². The summed E-state index contributed by atoms with van der Waals surface area (Å²) in [5.41, 5.74) is 1.06. The Morgan fingerprint density at radius 2 is 2.16 bits per heavy atom. The number of piperidine rings is 1. The van der Waals surface area contributed by atoms with Crippen molar-refractivity contribution in [2.24, 2.45) is 5.92 Å². The standard InChI is InChI=1S/C15H21N3O/c1-17-8-5-12(6-9-17)10-15-16-11-13-14(19-2)4-3-7-18(13)15/h3-4,7,11-12H,5-6,8-10H2,1-2H3. The number of fused-ring (bicyclic) bond motifs is 1. The second-order valence-corrected chi connectivity index (χ2v) is 5.46. The van der Waals surface area contributed by atoms with Crippen molar-refractivity contribution >= 4 is 5.52 Å². The van der Waals surface area contributed by atoms with Crippen molar-refractivity contribution in [1.29, 1.82) is 0 Å². The van der Waals surface area contributed by atoms with Crippen molar-refractivity contribution in [3.8, 4) is 5.75 Å². The Hall–Kier alpha value is -1.55. The Balaban J connectivity index is 1.82. The molecule has 4 heteroatoms. The molecular formula is C15H21N3O. The van der Waals surface area contributed by atoms with Crippen LogP contribution in [0.4, 0.5) is 0 Å². The van der Waals surface area contributed by atoms with E-state index in [9.17, 15) is 0 Å². The zero-order chi connectivity index (χ0) is 13.2. The summed E-state index contributed by atoms with van der Waals surface area (Å²) in [6, 6.07) is 4.00. The van der Waals surface area contributed by atoms with Crippen LogP contribution >= 0.6 is 0 Å². The van der Waals surface area contributed by atoms with Crippen molar-refractivity contribution in [2.45, 2.75) is 19.3 Å². The number of likely N-dealkylation sites (tertiary alicyclic amines) is 1. The summed E-state index contributed by atoms with van der Waals surface area (Å²) in [7, 11) is 3.91. The van der Waals surface area contributed by atoms with Gasteiger partial charge in [-0.25, -0.2) is 4.98 Å². The van der Waals surface area contributed by atoms with Crippen LogP contribution in [0.15, 0.2) is 24.5 Å². The molecule has 2 aromatic rings. The summed E-state index contributed by atoms with van der Waals surface area (Å²) in [5.74, 6) is 2.81. The minimum Gasteiger partial charge on any atom is -0.494 e. The maximum absolute atomic E-state index is 5.38. The number of methoxy groups -OCH3 is 1. The smallest absolute Gasteiger partial charge is 0.144 e. The van der Waals surface area contributed by atoms with E-state index in [0.29, 0.717) is 0 Å². The van der Waals surface area contributed by atoms with E-state index in [2.05, 4.69) is 27.5 Å². The minimum atomic E-state index is 0.757. The predicted octanol–water partition coefficient (Wildman–Crippen LogP) is 2.23. The number of hydrogen-bond acceptors (Lipinski definition) is 3. The number of aromatic nitrogens is 2. The molecule has 1 aliphatic heterocycles. The molecule has 4 nitrogen and oxygen atoms in total. The number of pyridine rings is 1. The molecule has 0 bridgehead atoms. The van der Waals surface area contributed by atoms with Crippen LogP contribution in [0.1, 0.15) is 18.7 Å². The number of nitrogens with zero attached hydrogens (tertiary/aromatic N) is 3. The van der Waals surface area contributed by atoms with E-state index >= 15 is 0 Å². The highest BCUT2D eigenvalue weighted by Crippen LogP contribution is 2.24. The first-order valence-electron chi connectivity index (χ1n) is 6.95. The number of rotatable bonds is 3. The Kier molecular flexibility index (Phi) is 3.42. The fourth-order valence-corrected chi connectivity index (χ4v) is 2.90. The van der Waals surface area contributed by atoms with E-state index in [1.165, 1.54) is 25.9 Å². The first-order chi connectivity index (χ1) is 9.28. The molecule has 19 heavy (non-hydrogen) atoms. The molecular weight excluding hydrogens is 238 g/mol. The van der Waals surface area contributed by atoms with Gasteiger partial charge < -0.3 is 14.0 Å².